The molecule has 0 heterocycles. The molecule has 0 radical (unpaired) electrons. The largest absolute Gasteiger partial charge is 0.446 e. The molecular weight excluding hydrogens is 500 g/mol. The van der Waals surface area contributed by atoms with E-state index in [4.69, 9.17) is 9.47 Å². The summed E-state index contributed by atoms with van der Waals surface area (Å²) in [5.41, 5.74) is 0.510. The van der Waals surface area contributed by atoms with Crippen LogP contribution in [0.3, 0.4) is 0 Å². The Morgan fingerprint density at radius 2 is 0.825 bits per heavy atom. The van der Waals surface area contributed by atoms with Gasteiger partial charge in [0, 0.05) is 13.1 Å². The van der Waals surface area contributed by atoms with Crippen molar-refractivity contribution in [2.45, 2.75) is 129 Å². The fourth-order valence-electron chi connectivity index (χ4n) is 4.85. The van der Waals surface area contributed by atoms with Crippen molar-refractivity contribution >= 4 is 11.9 Å². The van der Waals surface area contributed by atoms with Crippen molar-refractivity contribution < 1.29 is 19.1 Å². The van der Waals surface area contributed by atoms with Crippen LogP contribution in [0.4, 0.5) is 0 Å². The van der Waals surface area contributed by atoms with Crippen molar-refractivity contribution in [1.82, 2.24) is 9.80 Å². The summed E-state index contributed by atoms with van der Waals surface area (Å²) in [4.78, 5) is 29.6. The number of rotatable bonds is 26. The Morgan fingerprint density at radius 3 is 1.15 bits per heavy atom. The Kier molecular flexibility index (Phi) is 22.4. The molecule has 0 amide bonds. The molecule has 1 rings (SSSR count). The minimum absolute atomic E-state index is 0.209. The van der Waals surface area contributed by atoms with Crippen molar-refractivity contribution in [3.63, 3.8) is 0 Å². The minimum Gasteiger partial charge on any atom is -0.446 e. The summed E-state index contributed by atoms with van der Waals surface area (Å²) >= 11 is 0. The molecule has 6 nitrogen and oxygen atoms in total. The van der Waals surface area contributed by atoms with E-state index < -0.39 is 11.9 Å². The normalized spacial score (nSPS) is 11.3. The lowest BCUT2D eigenvalue weighted by Gasteiger charge is -2.18. The van der Waals surface area contributed by atoms with E-state index in [0.29, 0.717) is 0 Å². The number of hydrogen-bond donors (Lipinski definition) is 0. The van der Waals surface area contributed by atoms with E-state index in [1.54, 1.807) is 24.3 Å². The third kappa shape index (κ3) is 18.4. The summed E-state index contributed by atoms with van der Waals surface area (Å²) in [7, 11) is 3.92. The van der Waals surface area contributed by atoms with Gasteiger partial charge in [0.05, 0.1) is 11.1 Å². The van der Waals surface area contributed by atoms with Crippen LogP contribution in [0.15, 0.2) is 24.3 Å². The molecule has 0 atom stereocenters. The maximum absolute atomic E-state index is 12.8. The molecule has 230 valence electrons. The molecule has 0 aromatic heterocycles. The maximum atomic E-state index is 12.8. The molecule has 1 aromatic carbocycles. The number of ether oxygens (including phenoxy) is 2. The van der Waals surface area contributed by atoms with E-state index in [1.807, 2.05) is 23.9 Å². The van der Waals surface area contributed by atoms with E-state index in [-0.39, 0.29) is 24.6 Å². The van der Waals surface area contributed by atoms with E-state index in [1.165, 1.54) is 103 Å². The highest BCUT2D eigenvalue weighted by Gasteiger charge is 2.19. The van der Waals surface area contributed by atoms with Crippen LogP contribution in [0, 0.1) is 0 Å². The lowest BCUT2D eigenvalue weighted by molar-refractivity contribution is 0.0226. The van der Waals surface area contributed by atoms with Gasteiger partial charge >= 0.3 is 11.9 Å². The maximum Gasteiger partial charge on any atom is 0.340 e. The number of carbonyl (C=O) groups is 2. The molecule has 0 aliphatic rings. The third-order valence-corrected chi connectivity index (χ3v) is 7.49. The second kappa shape index (κ2) is 24.8. The molecule has 0 spiro atoms. The summed E-state index contributed by atoms with van der Waals surface area (Å²) in [5.74, 6) is -0.982. The summed E-state index contributed by atoms with van der Waals surface area (Å²) in [5, 5.41) is 0. The van der Waals surface area contributed by atoms with Crippen molar-refractivity contribution in [2.24, 2.45) is 0 Å². The third-order valence-electron chi connectivity index (χ3n) is 7.49. The summed E-state index contributed by atoms with van der Waals surface area (Å²) < 4.78 is 11.0. The van der Waals surface area contributed by atoms with Crippen molar-refractivity contribution in [1.29, 1.82) is 0 Å². The van der Waals surface area contributed by atoms with Gasteiger partial charge in [0.2, 0.25) is 0 Å². The Morgan fingerprint density at radius 1 is 0.525 bits per heavy atom. The Labute approximate surface area is 246 Å². The van der Waals surface area contributed by atoms with Crippen LogP contribution in [0.5, 0.6) is 0 Å². The quantitative estimate of drug-likeness (QED) is 0.0641. The van der Waals surface area contributed by atoms with Crippen LogP contribution in [-0.2, 0) is 9.47 Å². The number of hydrogen-bond acceptors (Lipinski definition) is 6. The van der Waals surface area contributed by atoms with Gasteiger partial charge in [-0.1, -0.05) is 129 Å². The van der Waals surface area contributed by atoms with Crippen LogP contribution in [0.1, 0.15) is 150 Å². The Bertz CT molecular complexity index is 707. The molecule has 0 N–H and O–H groups in total. The van der Waals surface area contributed by atoms with E-state index in [9.17, 15) is 9.59 Å². The molecule has 6 heteroatoms. The van der Waals surface area contributed by atoms with Crippen LogP contribution in [-0.4, -0.2) is 62.4 Å². The topological polar surface area (TPSA) is 59.1 Å². The highest BCUT2D eigenvalue weighted by molar-refractivity contribution is 6.03. The molecule has 0 fully saturated rings. The summed E-state index contributed by atoms with van der Waals surface area (Å²) in [6, 6.07) is 6.75. The standard InChI is InChI=1S/C34H60N2O4/c1-5-7-9-11-13-15-17-19-23-27-35(3)29-39-33(37)31-25-21-22-26-32(31)34(38)40-30-36(4)28-24-20-18-16-14-12-10-8-6-2/h21-22,25-26H,5-20,23-24,27-30H2,1-4H3. The first-order valence-corrected chi connectivity index (χ1v) is 16.3. The molecule has 0 unspecified atom stereocenters. The zero-order valence-electron chi connectivity index (χ0n) is 26.4. The van der Waals surface area contributed by atoms with Crippen molar-refractivity contribution in [3.8, 4) is 0 Å². The monoisotopic (exact) mass is 560 g/mol. The lowest BCUT2D eigenvalue weighted by Crippen LogP contribution is -2.27. The number of nitrogens with zero attached hydrogens (tertiary/aromatic N) is 2. The van der Waals surface area contributed by atoms with Gasteiger partial charge in [-0.3, -0.25) is 9.80 Å². The Hall–Kier alpha value is -1.92. The van der Waals surface area contributed by atoms with E-state index >= 15 is 0 Å². The first-order chi connectivity index (χ1) is 19.5. The molecule has 0 saturated carbocycles. The van der Waals surface area contributed by atoms with Gasteiger partial charge in [-0.2, -0.15) is 0 Å². The lowest BCUT2D eigenvalue weighted by atomic mass is 10.1. The zero-order chi connectivity index (χ0) is 29.3. The number of esters is 2. The van der Waals surface area contributed by atoms with Crippen molar-refractivity contribution in [3.05, 3.63) is 35.4 Å². The smallest absolute Gasteiger partial charge is 0.340 e. The number of benzene rings is 1. The molecule has 0 aliphatic carbocycles. The highest BCUT2D eigenvalue weighted by atomic mass is 16.6. The fourth-order valence-corrected chi connectivity index (χ4v) is 4.85. The number of unbranched alkanes of at least 4 members (excludes halogenated alkanes) is 16. The predicted octanol–water partition coefficient (Wildman–Crippen LogP) is 8.84. The average Bonchev–Trinajstić information content (AvgIpc) is 2.97. The molecule has 1 aromatic rings. The highest BCUT2D eigenvalue weighted by Crippen LogP contribution is 2.14. The zero-order valence-corrected chi connectivity index (χ0v) is 26.4. The molecule has 0 saturated heterocycles. The van der Waals surface area contributed by atoms with Crippen LogP contribution >= 0.6 is 0 Å². The average molecular weight is 561 g/mol. The van der Waals surface area contributed by atoms with Gasteiger partial charge in [-0.15, -0.1) is 0 Å². The Balaban J connectivity index is 2.25. The molecule has 40 heavy (non-hydrogen) atoms. The fraction of sp³-hybridized carbons (Fsp3) is 0.765. The van der Waals surface area contributed by atoms with Crippen LogP contribution in [0.25, 0.3) is 0 Å². The first-order valence-electron chi connectivity index (χ1n) is 16.3. The van der Waals surface area contributed by atoms with Gasteiger partial charge in [-0.05, 0) is 39.1 Å². The SMILES string of the molecule is CCCCCCCCCCCN(C)COC(=O)c1ccccc1C(=O)OCN(C)CCCCCCCCCCC. The van der Waals surface area contributed by atoms with Gasteiger partial charge in [-0.25, -0.2) is 9.59 Å². The van der Waals surface area contributed by atoms with Crippen LogP contribution < -0.4 is 0 Å². The first kappa shape index (κ1) is 36.1. The van der Waals surface area contributed by atoms with Gasteiger partial charge < -0.3 is 9.47 Å². The summed E-state index contributed by atoms with van der Waals surface area (Å²) in [6.45, 7) is 6.69. The number of carbonyl (C=O) groups excluding carboxylic acids is 2. The van der Waals surface area contributed by atoms with Gasteiger partial charge in [0.1, 0.15) is 13.5 Å². The molecular formula is C34H60N2O4. The predicted molar refractivity (Wildman–Crippen MR) is 167 cm³/mol. The molecule has 0 bridgehead atoms. The minimum atomic E-state index is -0.491. The second-order valence-electron chi connectivity index (χ2n) is 11.5. The van der Waals surface area contributed by atoms with Gasteiger partial charge in [0.25, 0.3) is 0 Å². The van der Waals surface area contributed by atoms with Gasteiger partial charge in [0.15, 0.2) is 0 Å². The second-order valence-corrected chi connectivity index (χ2v) is 11.5. The van der Waals surface area contributed by atoms with Crippen LogP contribution in [0.2, 0.25) is 0 Å². The summed E-state index contributed by atoms with van der Waals surface area (Å²) in [6.07, 6.45) is 23.2. The van der Waals surface area contributed by atoms with E-state index in [2.05, 4.69) is 13.8 Å². The van der Waals surface area contributed by atoms with Crippen molar-refractivity contribution in [2.75, 3.05) is 40.6 Å². The molecule has 0 aliphatic heterocycles. The van der Waals surface area contributed by atoms with E-state index in [0.717, 1.165) is 25.9 Å².